The second-order valence-electron chi connectivity index (χ2n) is 4.53. The van der Waals surface area contributed by atoms with E-state index in [1.165, 1.54) is 12.3 Å². The van der Waals surface area contributed by atoms with E-state index < -0.39 is 5.82 Å². The molecule has 2 heterocycles. The summed E-state index contributed by atoms with van der Waals surface area (Å²) < 4.78 is 13.5. The fourth-order valence-corrected chi connectivity index (χ4v) is 2.21. The van der Waals surface area contributed by atoms with Crippen LogP contribution in [0.25, 0.3) is 0 Å². The average Bonchev–Trinajstić information content (AvgIpc) is 2.27. The lowest BCUT2D eigenvalue weighted by Crippen LogP contribution is -2.55. The molecule has 0 aromatic carbocycles. The summed E-state index contributed by atoms with van der Waals surface area (Å²) in [6.45, 7) is 5.23. The van der Waals surface area contributed by atoms with E-state index in [1.807, 2.05) is 13.8 Å². The van der Waals surface area contributed by atoms with Crippen molar-refractivity contribution in [1.82, 2.24) is 15.2 Å². The predicted molar refractivity (Wildman–Crippen MR) is 76.7 cm³/mol. The lowest BCUT2D eigenvalue weighted by Gasteiger charge is -2.36. The van der Waals surface area contributed by atoms with E-state index in [1.54, 1.807) is 4.90 Å². The average molecular weight is 310 g/mol. The smallest absolute Gasteiger partial charge is 0.257 e. The van der Waals surface area contributed by atoms with Crippen LogP contribution in [0.1, 0.15) is 24.2 Å². The van der Waals surface area contributed by atoms with Crippen LogP contribution in [0.15, 0.2) is 18.5 Å². The minimum Gasteiger partial charge on any atom is -0.335 e. The van der Waals surface area contributed by atoms with E-state index in [2.05, 4.69) is 10.3 Å². The van der Waals surface area contributed by atoms with Crippen LogP contribution < -0.4 is 5.32 Å². The molecule has 1 amide bonds. The minimum absolute atomic E-state index is 0. The van der Waals surface area contributed by atoms with Gasteiger partial charge < -0.3 is 10.2 Å². The van der Waals surface area contributed by atoms with Gasteiger partial charge in [0.25, 0.3) is 5.91 Å². The number of nitrogens with one attached hydrogen (secondary N) is 1. The van der Waals surface area contributed by atoms with Gasteiger partial charge in [-0.2, -0.15) is 0 Å². The lowest BCUT2D eigenvalue weighted by molar-refractivity contribution is 0.0669. The maximum absolute atomic E-state index is 13.5. The van der Waals surface area contributed by atoms with E-state index in [0.717, 1.165) is 6.20 Å². The molecule has 1 aliphatic rings. The van der Waals surface area contributed by atoms with Crippen LogP contribution in [-0.2, 0) is 0 Å². The Labute approximate surface area is 124 Å². The van der Waals surface area contributed by atoms with Gasteiger partial charge in [-0.05, 0) is 19.9 Å². The summed E-state index contributed by atoms with van der Waals surface area (Å²) in [5.41, 5.74) is 0.0984. The highest BCUT2D eigenvalue weighted by atomic mass is 35.5. The van der Waals surface area contributed by atoms with Gasteiger partial charge in [0.05, 0.1) is 11.8 Å². The Bertz CT molecular complexity index is 423. The Hall–Kier alpha value is -0.910. The number of nitrogens with zero attached hydrogens (tertiary/aromatic N) is 2. The number of carbonyl (C=O) groups is 1. The van der Waals surface area contributed by atoms with Gasteiger partial charge in [-0.15, -0.1) is 24.8 Å². The summed E-state index contributed by atoms with van der Waals surface area (Å²) in [4.78, 5) is 17.5. The number of hydrogen-bond donors (Lipinski definition) is 1. The first kappa shape index (κ1) is 18.1. The molecule has 1 aliphatic heterocycles. The van der Waals surface area contributed by atoms with E-state index in [-0.39, 0.29) is 48.4 Å². The number of amides is 1. The van der Waals surface area contributed by atoms with Crippen LogP contribution in [0.5, 0.6) is 0 Å². The third-order valence-electron chi connectivity index (χ3n) is 2.85. The third-order valence-corrected chi connectivity index (χ3v) is 2.85. The Morgan fingerprint density at radius 1 is 1.37 bits per heavy atom. The number of halogens is 3. The summed E-state index contributed by atoms with van der Waals surface area (Å²) in [6.07, 6.45) is 2.51. The lowest BCUT2D eigenvalue weighted by atomic mass is 10.1. The summed E-state index contributed by atoms with van der Waals surface area (Å²) in [5.74, 6) is -0.818. The van der Waals surface area contributed by atoms with E-state index >= 15 is 0 Å². The highest BCUT2D eigenvalue weighted by Gasteiger charge is 2.26. The summed E-state index contributed by atoms with van der Waals surface area (Å²) in [7, 11) is 0. The zero-order chi connectivity index (χ0) is 12.4. The van der Waals surface area contributed by atoms with Gasteiger partial charge in [-0.3, -0.25) is 9.78 Å². The number of aromatic nitrogens is 1. The van der Waals surface area contributed by atoms with Crippen LogP contribution in [0.4, 0.5) is 4.39 Å². The molecule has 0 saturated carbocycles. The Kier molecular flexibility index (Phi) is 7.26. The van der Waals surface area contributed by atoms with Gasteiger partial charge >= 0.3 is 0 Å². The highest BCUT2D eigenvalue weighted by Crippen LogP contribution is 2.12. The SMILES string of the molecule is CC1CN(C(=O)c2ccncc2F)CC(C)N1.Cl.Cl. The number of hydrogen-bond acceptors (Lipinski definition) is 3. The summed E-state index contributed by atoms with van der Waals surface area (Å²) >= 11 is 0. The van der Waals surface area contributed by atoms with Gasteiger partial charge in [-0.1, -0.05) is 0 Å². The van der Waals surface area contributed by atoms with Crippen molar-refractivity contribution in [2.75, 3.05) is 13.1 Å². The molecule has 2 rings (SSSR count). The van der Waals surface area contributed by atoms with E-state index in [4.69, 9.17) is 0 Å². The highest BCUT2D eigenvalue weighted by molar-refractivity contribution is 5.94. The molecule has 0 spiro atoms. The molecule has 1 fully saturated rings. The number of pyridine rings is 1. The molecule has 2 atom stereocenters. The largest absolute Gasteiger partial charge is 0.335 e. The second-order valence-corrected chi connectivity index (χ2v) is 4.53. The molecule has 19 heavy (non-hydrogen) atoms. The van der Waals surface area contributed by atoms with Crippen LogP contribution in [0, 0.1) is 5.82 Å². The summed E-state index contributed by atoms with van der Waals surface area (Å²) in [6, 6.07) is 1.88. The van der Waals surface area contributed by atoms with Gasteiger partial charge in [-0.25, -0.2) is 4.39 Å². The number of carbonyl (C=O) groups excluding carboxylic acids is 1. The van der Waals surface area contributed by atoms with E-state index in [0.29, 0.717) is 13.1 Å². The molecule has 108 valence electrons. The fourth-order valence-electron chi connectivity index (χ4n) is 2.21. The predicted octanol–water partition coefficient (Wildman–Crippen LogP) is 1.89. The monoisotopic (exact) mass is 309 g/mol. The van der Waals surface area contributed by atoms with Crippen molar-refractivity contribution in [3.63, 3.8) is 0 Å². The van der Waals surface area contributed by atoms with Crippen molar-refractivity contribution in [2.45, 2.75) is 25.9 Å². The molecular formula is C12H18Cl2FN3O. The standard InChI is InChI=1S/C12H16FN3O.2ClH/c1-8-6-16(7-9(2)15-8)12(17)10-3-4-14-5-11(10)13;;/h3-5,8-9,15H,6-7H2,1-2H3;2*1H. The maximum atomic E-state index is 13.5. The topological polar surface area (TPSA) is 45.2 Å². The van der Waals surface area contributed by atoms with Crippen LogP contribution in [0.2, 0.25) is 0 Å². The Morgan fingerprint density at radius 3 is 2.47 bits per heavy atom. The molecule has 1 N–H and O–H groups in total. The van der Waals surface area contributed by atoms with Gasteiger partial charge in [0.2, 0.25) is 0 Å². The fraction of sp³-hybridized carbons (Fsp3) is 0.500. The van der Waals surface area contributed by atoms with Crippen molar-refractivity contribution < 1.29 is 9.18 Å². The van der Waals surface area contributed by atoms with Crippen molar-refractivity contribution in [2.24, 2.45) is 0 Å². The van der Waals surface area contributed by atoms with Crippen LogP contribution >= 0.6 is 24.8 Å². The Morgan fingerprint density at radius 2 is 1.95 bits per heavy atom. The molecule has 4 nitrogen and oxygen atoms in total. The summed E-state index contributed by atoms with van der Waals surface area (Å²) in [5, 5.41) is 3.33. The molecule has 1 saturated heterocycles. The van der Waals surface area contributed by atoms with Crippen molar-refractivity contribution in [3.8, 4) is 0 Å². The molecule has 1 aromatic heterocycles. The van der Waals surface area contributed by atoms with Gasteiger partial charge in [0.15, 0.2) is 5.82 Å². The normalized spacial score (nSPS) is 22.2. The number of piperazine rings is 1. The maximum Gasteiger partial charge on any atom is 0.257 e. The minimum atomic E-state index is -0.559. The molecule has 7 heteroatoms. The van der Waals surface area contributed by atoms with E-state index in [9.17, 15) is 9.18 Å². The molecule has 0 aliphatic carbocycles. The van der Waals surface area contributed by atoms with Gasteiger partial charge in [0.1, 0.15) is 0 Å². The van der Waals surface area contributed by atoms with Crippen molar-refractivity contribution in [1.29, 1.82) is 0 Å². The zero-order valence-corrected chi connectivity index (χ0v) is 12.4. The van der Waals surface area contributed by atoms with Crippen molar-refractivity contribution >= 4 is 30.7 Å². The number of rotatable bonds is 1. The molecular weight excluding hydrogens is 292 g/mol. The van der Waals surface area contributed by atoms with Crippen LogP contribution in [0.3, 0.4) is 0 Å². The first-order valence-corrected chi connectivity index (χ1v) is 5.72. The third kappa shape index (κ3) is 4.30. The molecule has 0 bridgehead atoms. The molecule has 2 unspecified atom stereocenters. The molecule has 1 aromatic rings. The van der Waals surface area contributed by atoms with Crippen molar-refractivity contribution in [3.05, 3.63) is 29.8 Å². The first-order chi connectivity index (χ1) is 8.08. The van der Waals surface area contributed by atoms with Crippen LogP contribution in [-0.4, -0.2) is 41.0 Å². The zero-order valence-electron chi connectivity index (χ0n) is 10.8. The second kappa shape index (κ2) is 7.62. The van der Waals surface area contributed by atoms with Gasteiger partial charge in [0, 0.05) is 31.4 Å². The Balaban J connectivity index is 0.00000162. The molecule has 0 radical (unpaired) electrons. The quantitative estimate of drug-likeness (QED) is 0.861. The first-order valence-electron chi connectivity index (χ1n) is 5.72.